The number of anilines is 1. The number of nitrogens with one attached hydrogen (secondary N) is 1. The average Bonchev–Trinajstić information content (AvgIpc) is 2.60. The summed E-state index contributed by atoms with van der Waals surface area (Å²) < 4.78 is 18.0. The fourth-order valence-corrected chi connectivity index (χ4v) is 2.34. The van der Waals surface area contributed by atoms with Crippen LogP contribution in [0.4, 0.5) is 10.1 Å². The highest BCUT2D eigenvalue weighted by Gasteiger charge is 2.14. The lowest BCUT2D eigenvalue weighted by Gasteiger charge is -2.20. The molecule has 0 radical (unpaired) electrons. The van der Waals surface area contributed by atoms with Crippen LogP contribution in [0.25, 0.3) is 0 Å². The summed E-state index contributed by atoms with van der Waals surface area (Å²) in [4.78, 5) is 25.4. The molecule has 2 rings (SSSR count). The van der Waals surface area contributed by atoms with Crippen molar-refractivity contribution in [2.45, 2.75) is 13.3 Å². The first kappa shape index (κ1) is 18.4. The third-order valence-corrected chi connectivity index (χ3v) is 3.72. The Bertz CT molecular complexity index is 732. The first-order valence-electron chi connectivity index (χ1n) is 7.92. The van der Waals surface area contributed by atoms with Crippen molar-refractivity contribution in [1.29, 1.82) is 0 Å². The summed E-state index contributed by atoms with van der Waals surface area (Å²) >= 11 is 0. The summed E-state index contributed by atoms with van der Waals surface area (Å²) in [6.07, 6.45) is 0.548. The summed E-state index contributed by atoms with van der Waals surface area (Å²) in [6.45, 7) is 1.75. The molecule has 0 fully saturated rings. The topological polar surface area (TPSA) is 58.6 Å². The molecule has 0 aliphatic carbocycles. The largest absolute Gasteiger partial charge is 0.497 e. The van der Waals surface area contributed by atoms with E-state index in [1.165, 1.54) is 24.0 Å². The molecule has 1 N–H and O–H groups in total. The van der Waals surface area contributed by atoms with Gasteiger partial charge in [-0.25, -0.2) is 4.39 Å². The molecule has 0 saturated carbocycles. The van der Waals surface area contributed by atoms with Crippen molar-refractivity contribution in [3.63, 3.8) is 0 Å². The Morgan fingerprint density at radius 3 is 2.52 bits per heavy atom. The molecule has 0 aliphatic rings. The zero-order valence-electron chi connectivity index (χ0n) is 14.3. The van der Waals surface area contributed by atoms with E-state index in [4.69, 9.17) is 4.74 Å². The predicted octanol–water partition coefficient (Wildman–Crippen LogP) is 2.86. The highest BCUT2D eigenvalue weighted by Crippen LogP contribution is 2.16. The van der Waals surface area contributed by atoms with Gasteiger partial charge in [-0.15, -0.1) is 0 Å². The second-order valence-corrected chi connectivity index (χ2v) is 5.60. The minimum Gasteiger partial charge on any atom is -0.497 e. The van der Waals surface area contributed by atoms with Gasteiger partial charge >= 0.3 is 0 Å². The monoisotopic (exact) mass is 344 g/mol. The number of nitrogens with zero attached hydrogens (tertiary/aromatic N) is 1. The maximum Gasteiger partial charge on any atom is 0.243 e. The molecule has 2 amide bonds. The van der Waals surface area contributed by atoms with Gasteiger partial charge in [-0.05, 0) is 36.2 Å². The third-order valence-electron chi connectivity index (χ3n) is 3.72. The molecule has 5 nitrogen and oxygen atoms in total. The summed E-state index contributed by atoms with van der Waals surface area (Å²) in [5.74, 6) is -0.146. The number of amides is 2. The van der Waals surface area contributed by atoms with Gasteiger partial charge in [0.05, 0.1) is 13.7 Å². The number of carbonyl (C=O) groups excluding carboxylic acids is 2. The zero-order chi connectivity index (χ0) is 18.2. The van der Waals surface area contributed by atoms with Crippen molar-refractivity contribution in [2.75, 3.05) is 25.5 Å². The second kappa shape index (κ2) is 8.82. The molecule has 6 heteroatoms. The van der Waals surface area contributed by atoms with Crippen LogP contribution in [-0.2, 0) is 16.0 Å². The van der Waals surface area contributed by atoms with E-state index in [0.29, 0.717) is 24.4 Å². The van der Waals surface area contributed by atoms with Crippen LogP contribution in [0.15, 0.2) is 48.5 Å². The van der Waals surface area contributed by atoms with E-state index < -0.39 is 0 Å². The van der Waals surface area contributed by atoms with Gasteiger partial charge in [-0.3, -0.25) is 9.59 Å². The molecule has 2 aromatic rings. The van der Waals surface area contributed by atoms with Crippen molar-refractivity contribution in [3.05, 3.63) is 59.9 Å². The van der Waals surface area contributed by atoms with Crippen LogP contribution in [-0.4, -0.2) is 36.9 Å². The van der Waals surface area contributed by atoms with E-state index in [0.717, 1.165) is 5.56 Å². The van der Waals surface area contributed by atoms with Crippen molar-refractivity contribution in [3.8, 4) is 5.75 Å². The maximum atomic E-state index is 12.9. The van der Waals surface area contributed by atoms with E-state index in [1.807, 2.05) is 0 Å². The number of rotatable bonds is 7. The minimum absolute atomic E-state index is 0.0479. The number of hydrogen-bond acceptors (Lipinski definition) is 3. The van der Waals surface area contributed by atoms with Crippen LogP contribution in [0.2, 0.25) is 0 Å². The fraction of sp³-hybridized carbons (Fsp3) is 0.263. The van der Waals surface area contributed by atoms with Gasteiger partial charge in [0.15, 0.2) is 0 Å². The lowest BCUT2D eigenvalue weighted by atomic mass is 10.1. The smallest absolute Gasteiger partial charge is 0.243 e. The Morgan fingerprint density at radius 2 is 1.88 bits per heavy atom. The standard InChI is InChI=1S/C19H21FN2O3/c1-14(23)22(11-10-15-6-8-16(20)9-7-15)13-19(24)21-17-4-3-5-18(12-17)25-2/h3-9,12H,10-11,13H2,1-2H3,(H,21,24). The van der Waals surface area contributed by atoms with E-state index >= 15 is 0 Å². The van der Waals surface area contributed by atoms with Crippen LogP contribution in [0.3, 0.4) is 0 Å². The number of ether oxygens (including phenoxy) is 1. The molecule has 132 valence electrons. The lowest BCUT2D eigenvalue weighted by Crippen LogP contribution is -2.38. The number of methoxy groups -OCH3 is 1. The SMILES string of the molecule is COc1cccc(NC(=O)CN(CCc2ccc(F)cc2)C(C)=O)c1. The van der Waals surface area contributed by atoms with Gasteiger partial charge < -0.3 is 15.0 Å². The fourth-order valence-electron chi connectivity index (χ4n) is 2.34. The molecule has 25 heavy (non-hydrogen) atoms. The molecule has 0 saturated heterocycles. The van der Waals surface area contributed by atoms with Gasteiger partial charge in [-0.1, -0.05) is 18.2 Å². The Kier molecular flexibility index (Phi) is 6.51. The Labute approximate surface area is 146 Å². The summed E-state index contributed by atoms with van der Waals surface area (Å²) in [5, 5.41) is 2.75. The highest BCUT2D eigenvalue weighted by molar-refractivity contribution is 5.94. The molecule has 0 bridgehead atoms. The van der Waals surface area contributed by atoms with E-state index in [9.17, 15) is 14.0 Å². The summed E-state index contributed by atoms with van der Waals surface area (Å²) in [6, 6.07) is 13.1. The number of halogens is 1. The van der Waals surface area contributed by atoms with Gasteiger partial charge in [-0.2, -0.15) is 0 Å². The van der Waals surface area contributed by atoms with Crippen molar-refractivity contribution in [2.24, 2.45) is 0 Å². The van der Waals surface area contributed by atoms with Gasteiger partial charge in [0, 0.05) is 25.2 Å². The van der Waals surface area contributed by atoms with Crippen molar-refractivity contribution in [1.82, 2.24) is 4.90 Å². The van der Waals surface area contributed by atoms with Crippen LogP contribution in [0, 0.1) is 5.82 Å². The van der Waals surface area contributed by atoms with Crippen molar-refractivity contribution >= 4 is 17.5 Å². The number of hydrogen-bond donors (Lipinski definition) is 1. The minimum atomic E-state index is -0.301. The van der Waals surface area contributed by atoms with Gasteiger partial charge in [0.25, 0.3) is 0 Å². The molecule has 0 spiro atoms. The van der Waals surface area contributed by atoms with Gasteiger partial charge in [0.2, 0.25) is 11.8 Å². The zero-order valence-corrected chi connectivity index (χ0v) is 14.3. The van der Waals surface area contributed by atoms with Crippen molar-refractivity contribution < 1.29 is 18.7 Å². The van der Waals surface area contributed by atoms with Crippen LogP contribution >= 0.6 is 0 Å². The molecule has 0 aromatic heterocycles. The first-order valence-corrected chi connectivity index (χ1v) is 7.92. The summed E-state index contributed by atoms with van der Waals surface area (Å²) in [5.41, 5.74) is 1.51. The molecular weight excluding hydrogens is 323 g/mol. The van der Waals surface area contributed by atoms with Crippen LogP contribution in [0.1, 0.15) is 12.5 Å². The van der Waals surface area contributed by atoms with E-state index in [-0.39, 0.29) is 24.2 Å². The lowest BCUT2D eigenvalue weighted by molar-refractivity contribution is -0.132. The summed E-state index contributed by atoms with van der Waals surface area (Å²) in [7, 11) is 1.55. The Morgan fingerprint density at radius 1 is 1.16 bits per heavy atom. The average molecular weight is 344 g/mol. The number of benzene rings is 2. The van der Waals surface area contributed by atoms with E-state index in [1.54, 1.807) is 43.5 Å². The van der Waals surface area contributed by atoms with Crippen LogP contribution in [0.5, 0.6) is 5.75 Å². The quantitative estimate of drug-likeness (QED) is 0.840. The molecular formula is C19H21FN2O3. The molecule has 0 unspecified atom stereocenters. The molecule has 0 heterocycles. The highest BCUT2D eigenvalue weighted by atomic mass is 19.1. The Balaban J connectivity index is 1.92. The van der Waals surface area contributed by atoms with Gasteiger partial charge in [0.1, 0.15) is 11.6 Å². The first-order chi connectivity index (χ1) is 12.0. The third kappa shape index (κ3) is 5.91. The predicted molar refractivity (Wildman–Crippen MR) is 94.0 cm³/mol. The number of carbonyl (C=O) groups is 2. The normalized spacial score (nSPS) is 10.2. The second-order valence-electron chi connectivity index (χ2n) is 5.60. The molecule has 0 atom stereocenters. The molecule has 2 aromatic carbocycles. The van der Waals surface area contributed by atoms with E-state index in [2.05, 4.69) is 5.32 Å². The molecule has 0 aliphatic heterocycles. The Hall–Kier alpha value is -2.89. The van der Waals surface area contributed by atoms with Crippen LogP contribution < -0.4 is 10.1 Å². The maximum absolute atomic E-state index is 12.9.